The summed E-state index contributed by atoms with van der Waals surface area (Å²) in [5.41, 5.74) is 3.04. The molecule has 1 aromatic carbocycles. The molecule has 0 fully saturated rings. The van der Waals surface area contributed by atoms with E-state index in [1.54, 1.807) is 12.1 Å². The number of aromatic nitrogens is 3. The molecule has 0 unspecified atom stereocenters. The van der Waals surface area contributed by atoms with Gasteiger partial charge in [0.05, 0.1) is 30.9 Å². The molecule has 0 amide bonds. The number of aliphatic hydroxyl groups excluding tert-OH is 1. The Morgan fingerprint density at radius 3 is 2.47 bits per heavy atom. The molecule has 190 valence electrons. The van der Waals surface area contributed by atoms with Crippen LogP contribution >= 0.6 is 0 Å². The monoisotopic (exact) mass is 475 g/mol. The number of aryl methyl sites for hydroxylation is 2. The number of hydrogen-bond acceptors (Lipinski definition) is 8. The molecule has 2 heterocycles. The standard InChI is InChI=1S/C16H16N4O2.C5H13NO2.2C2H6/c1-4-5-12-10(2)22-16(18-12)19-15-17-13-8-11(9-21)6-7-14(13)20(15)3;1-6-2-4-8-5-3-7;2*1-2/h4-9H,1-3H3,(H,17,18,19);6-7H,2-5H2,1H3;2*1-2H3/b5-4-;;;. The molecule has 0 aliphatic heterocycles. The zero-order valence-corrected chi connectivity index (χ0v) is 21.8. The molecule has 9 heteroatoms. The van der Waals surface area contributed by atoms with Crippen LogP contribution in [0.5, 0.6) is 0 Å². The van der Waals surface area contributed by atoms with E-state index in [4.69, 9.17) is 14.3 Å². The molecule has 9 nitrogen and oxygen atoms in total. The van der Waals surface area contributed by atoms with Gasteiger partial charge in [0.25, 0.3) is 0 Å². The maximum absolute atomic E-state index is 10.9. The molecule has 0 saturated heterocycles. The molecule has 0 saturated carbocycles. The van der Waals surface area contributed by atoms with Crippen molar-refractivity contribution in [3.05, 3.63) is 41.3 Å². The van der Waals surface area contributed by atoms with Crippen molar-refractivity contribution >= 4 is 35.4 Å². The molecular formula is C25H41N5O4. The van der Waals surface area contributed by atoms with Crippen LogP contribution in [0.15, 0.2) is 28.7 Å². The summed E-state index contributed by atoms with van der Waals surface area (Å²) in [4.78, 5) is 19.7. The van der Waals surface area contributed by atoms with Gasteiger partial charge in [-0.2, -0.15) is 4.98 Å². The fourth-order valence-corrected chi connectivity index (χ4v) is 2.61. The third kappa shape index (κ3) is 9.86. The van der Waals surface area contributed by atoms with E-state index in [1.165, 1.54) is 0 Å². The number of likely N-dealkylation sites (N-methyl/N-ethyl adjacent to an activating group) is 1. The number of hydrogen-bond donors (Lipinski definition) is 3. The predicted molar refractivity (Wildman–Crippen MR) is 140 cm³/mol. The van der Waals surface area contributed by atoms with Gasteiger partial charge in [0.2, 0.25) is 5.95 Å². The summed E-state index contributed by atoms with van der Waals surface area (Å²) in [6.07, 6.45) is 4.60. The highest BCUT2D eigenvalue weighted by Crippen LogP contribution is 2.23. The molecule has 0 aliphatic rings. The predicted octanol–water partition coefficient (Wildman–Crippen LogP) is 4.73. The van der Waals surface area contributed by atoms with Crippen LogP contribution in [0.4, 0.5) is 12.0 Å². The highest BCUT2D eigenvalue weighted by Gasteiger charge is 2.12. The smallest absolute Gasteiger partial charge is 0.302 e. The minimum Gasteiger partial charge on any atom is -0.428 e. The molecule has 0 radical (unpaired) electrons. The number of fused-ring (bicyclic) bond motifs is 1. The quantitative estimate of drug-likeness (QED) is 0.301. The number of nitrogens with one attached hydrogen (secondary N) is 2. The van der Waals surface area contributed by atoms with Crippen LogP contribution in [-0.4, -0.2) is 59.3 Å². The number of allylic oxidation sites excluding steroid dienone is 1. The van der Waals surface area contributed by atoms with Gasteiger partial charge in [-0.3, -0.25) is 10.1 Å². The van der Waals surface area contributed by atoms with Crippen LogP contribution in [0, 0.1) is 6.92 Å². The molecule has 0 bridgehead atoms. The van der Waals surface area contributed by atoms with Crippen LogP contribution in [0.25, 0.3) is 17.1 Å². The number of imidazole rings is 1. The van der Waals surface area contributed by atoms with Crippen molar-refractivity contribution in [2.45, 2.75) is 41.5 Å². The van der Waals surface area contributed by atoms with Crippen LogP contribution in [0.1, 0.15) is 56.4 Å². The van der Waals surface area contributed by atoms with Crippen molar-refractivity contribution in [2.24, 2.45) is 7.05 Å². The molecule has 3 aromatic rings. The summed E-state index contributed by atoms with van der Waals surface area (Å²) in [7, 11) is 3.75. The van der Waals surface area contributed by atoms with Crippen LogP contribution in [-0.2, 0) is 11.8 Å². The average molecular weight is 476 g/mol. The summed E-state index contributed by atoms with van der Waals surface area (Å²) in [5.74, 6) is 1.34. The SMILES string of the molecule is C/C=C\c1nc(Nc2nc3cc(C=O)ccc3n2C)oc1C.CC.CC.CNCCOCCO. The minimum absolute atomic E-state index is 0.115. The molecule has 34 heavy (non-hydrogen) atoms. The lowest BCUT2D eigenvalue weighted by molar-refractivity contribution is 0.0948. The number of benzene rings is 1. The fraction of sp³-hybridized carbons (Fsp3) is 0.480. The largest absolute Gasteiger partial charge is 0.428 e. The van der Waals surface area contributed by atoms with E-state index in [0.717, 1.165) is 35.3 Å². The van der Waals surface area contributed by atoms with Crippen LogP contribution in [0.2, 0.25) is 0 Å². The van der Waals surface area contributed by atoms with E-state index in [1.807, 2.05) is 78.4 Å². The van der Waals surface area contributed by atoms with E-state index in [2.05, 4.69) is 20.6 Å². The zero-order valence-electron chi connectivity index (χ0n) is 21.8. The number of oxazole rings is 1. The lowest BCUT2D eigenvalue weighted by atomic mass is 10.2. The zero-order chi connectivity index (χ0) is 25.9. The Hall–Kier alpha value is -3.01. The van der Waals surface area contributed by atoms with E-state index in [-0.39, 0.29) is 6.61 Å². The normalized spacial score (nSPS) is 10.0. The summed E-state index contributed by atoms with van der Waals surface area (Å²) in [6, 6.07) is 5.77. The van der Waals surface area contributed by atoms with Crippen molar-refractivity contribution in [1.29, 1.82) is 0 Å². The number of aldehydes is 1. The van der Waals surface area contributed by atoms with Gasteiger partial charge >= 0.3 is 6.01 Å². The number of carbonyl (C=O) groups excluding carboxylic acids is 1. The average Bonchev–Trinajstić information content (AvgIpc) is 3.38. The van der Waals surface area contributed by atoms with Gasteiger partial charge < -0.3 is 24.1 Å². The van der Waals surface area contributed by atoms with Gasteiger partial charge in [0, 0.05) is 19.2 Å². The summed E-state index contributed by atoms with van der Waals surface area (Å²) in [6.45, 7) is 13.9. The van der Waals surface area contributed by atoms with Gasteiger partial charge in [-0.25, -0.2) is 4.98 Å². The van der Waals surface area contributed by atoms with Crippen molar-refractivity contribution in [3.63, 3.8) is 0 Å². The Morgan fingerprint density at radius 2 is 1.88 bits per heavy atom. The van der Waals surface area contributed by atoms with Crippen molar-refractivity contribution < 1.29 is 19.1 Å². The topological polar surface area (TPSA) is 114 Å². The van der Waals surface area contributed by atoms with Crippen molar-refractivity contribution in [3.8, 4) is 0 Å². The number of rotatable bonds is 9. The third-order valence-corrected chi connectivity index (χ3v) is 4.15. The number of nitrogens with zero attached hydrogens (tertiary/aromatic N) is 3. The molecule has 0 spiro atoms. The molecule has 0 aliphatic carbocycles. The van der Waals surface area contributed by atoms with E-state index < -0.39 is 0 Å². The Labute approximate surface area is 203 Å². The number of carbonyl (C=O) groups is 1. The highest BCUT2D eigenvalue weighted by molar-refractivity contribution is 5.86. The summed E-state index contributed by atoms with van der Waals surface area (Å²) in [5, 5.41) is 14.2. The maximum atomic E-state index is 10.9. The van der Waals surface area contributed by atoms with E-state index >= 15 is 0 Å². The number of ether oxygens (including phenoxy) is 1. The van der Waals surface area contributed by atoms with Crippen molar-refractivity contribution in [1.82, 2.24) is 19.9 Å². The second-order valence-corrected chi connectivity index (χ2v) is 6.39. The van der Waals surface area contributed by atoms with Crippen molar-refractivity contribution in [2.75, 3.05) is 38.7 Å². The first-order valence-electron chi connectivity index (χ1n) is 11.7. The molecule has 3 rings (SSSR count). The first-order chi connectivity index (χ1) is 16.5. The second-order valence-electron chi connectivity index (χ2n) is 6.39. The second kappa shape index (κ2) is 18.4. The van der Waals surface area contributed by atoms with Crippen LogP contribution < -0.4 is 10.6 Å². The Balaban J connectivity index is 0.000000769. The fourth-order valence-electron chi connectivity index (χ4n) is 2.61. The first kappa shape index (κ1) is 31.0. The van der Waals surface area contributed by atoms with Crippen LogP contribution in [0.3, 0.4) is 0 Å². The summed E-state index contributed by atoms with van der Waals surface area (Å²) >= 11 is 0. The van der Waals surface area contributed by atoms with Gasteiger partial charge in [0.1, 0.15) is 17.7 Å². The number of aliphatic hydroxyl groups is 1. The summed E-state index contributed by atoms with van der Waals surface area (Å²) < 4.78 is 12.4. The molecule has 0 atom stereocenters. The molecular weight excluding hydrogens is 434 g/mol. The Bertz CT molecular complexity index is 973. The van der Waals surface area contributed by atoms with E-state index in [0.29, 0.717) is 30.7 Å². The first-order valence-corrected chi connectivity index (χ1v) is 11.7. The molecule has 2 aromatic heterocycles. The third-order valence-electron chi connectivity index (χ3n) is 4.15. The highest BCUT2D eigenvalue weighted by atomic mass is 16.5. The Kier molecular flexibility index (Phi) is 16.8. The maximum Gasteiger partial charge on any atom is 0.302 e. The lowest BCUT2D eigenvalue weighted by Crippen LogP contribution is -2.15. The minimum atomic E-state index is 0.115. The molecule has 3 N–H and O–H groups in total. The number of anilines is 2. The van der Waals surface area contributed by atoms with Gasteiger partial charge in [-0.05, 0) is 45.2 Å². The Morgan fingerprint density at radius 1 is 1.18 bits per heavy atom. The van der Waals surface area contributed by atoms with E-state index in [9.17, 15) is 4.79 Å². The van der Waals surface area contributed by atoms with Gasteiger partial charge in [0.15, 0.2) is 0 Å². The lowest BCUT2D eigenvalue weighted by Gasteiger charge is -2.01. The van der Waals surface area contributed by atoms with Gasteiger partial charge in [-0.15, -0.1) is 0 Å². The van der Waals surface area contributed by atoms with Gasteiger partial charge in [-0.1, -0.05) is 33.8 Å².